The van der Waals surface area contributed by atoms with Crippen LogP contribution in [0, 0.1) is 0 Å². The second-order valence-electron chi connectivity index (χ2n) is 12.2. The molecule has 0 aromatic heterocycles. The fraction of sp³-hybridized carbons (Fsp3) is 0.944. The van der Waals surface area contributed by atoms with Crippen molar-refractivity contribution >= 4 is 101 Å². The van der Waals surface area contributed by atoms with Crippen LogP contribution in [-0.4, -0.2) is 101 Å². The van der Waals surface area contributed by atoms with Crippen LogP contribution in [-0.2, 0) is 14.3 Å². The summed E-state index contributed by atoms with van der Waals surface area (Å²) in [5.41, 5.74) is 0. The average Bonchev–Trinajstić information content (AvgIpc) is 2.93. The zero-order valence-corrected chi connectivity index (χ0v) is 26.9. The summed E-state index contributed by atoms with van der Waals surface area (Å²) in [4.78, 5) is 23.8. The number of hydrogen-bond acceptors (Lipinski definition) is 3. The molecule has 0 saturated carbocycles. The van der Waals surface area contributed by atoms with Crippen LogP contribution in [0.15, 0.2) is 0 Å². The SMILES string of the molecule is CCCCCCCCCCCCCCCCCC(=O)OC(=O)CCCCCCCCCCCCCCCCC.[CaH2].[KH]. The molecule has 0 saturated heterocycles. The molecule has 3 nitrogen and oxygen atoms in total. The van der Waals surface area contributed by atoms with E-state index in [1.165, 1.54) is 167 Å². The Morgan fingerprint density at radius 3 is 0.707 bits per heavy atom. The Bertz CT molecular complexity index is 471. The van der Waals surface area contributed by atoms with Gasteiger partial charge in [0.2, 0.25) is 0 Å². The molecule has 41 heavy (non-hydrogen) atoms. The first-order valence-electron chi connectivity index (χ1n) is 17.9. The molecule has 5 heteroatoms. The van der Waals surface area contributed by atoms with E-state index in [4.69, 9.17) is 4.74 Å². The summed E-state index contributed by atoms with van der Waals surface area (Å²) in [6.07, 6.45) is 40.1. The summed E-state index contributed by atoms with van der Waals surface area (Å²) in [6.45, 7) is 4.55. The first-order valence-corrected chi connectivity index (χ1v) is 17.9. The number of carbonyl (C=O) groups excluding carboxylic acids is 2. The van der Waals surface area contributed by atoms with Crippen LogP contribution >= 0.6 is 0 Å². The predicted octanol–water partition coefficient (Wildman–Crippen LogP) is 11.0. The van der Waals surface area contributed by atoms with Crippen molar-refractivity contribution in [3.8, 4) is 0 Å². The molecular weight excluding hydrogens is 560 g/mol. The molecule has 0 atom stereocenters. The van der Waals surface area contributed by atoms with E-state index in [2.05, 4.69) is 13.8 Å². The van der Waals surface area contributed by atoms with Crippen LogP contribution < -0.4 is 0 Å². The van der Waals surface area contributed by atoms with Gasteiger partial charge in [-0.1, -0.05) is 194 Å². The van der Waals surface area contributed by atoms with E-state index in [-0.39, 0.29) is 101 Å². The average molecular weight is 633 g/mol. The van der Waals surface area contributed by atoms with Gasteiger partial charge in [-0.05, 0) is 12.8 Å². The summed E-state index contributed by atoms with van der Waals surface area (Å²) in [7, 11) is 0. The first-order chi connectivity index (χ1) is 19.2. The van der Waals surface area contributed by atoms with Crippen LogP contribution in [0.25, 0.3) is 0 Å². The molecule has 0 fully saturated rings. The summed E-state index contributed by atoms with van der Waals surface area (Å²) in [6, 6.07) is 0. The van der Waals surface area contributed by atoms with E-state index in [1.807, 2.05) is 0 Å². The predicted molar refractivity (Wildman–Crippen MR) is 186 cm³/mol. The zero-order chi connectivity index (χ0) is 28.5. The van der Waals surface area contributed by atoms with Crippen molar-refractivity contribution in [2.75, 3.05) is 0 Å². The fourth-order valence-electron chi connectivity index (χ4n) is 5.51. The van der Waals surface area contributed by atoms with E-state index < -0.39 is 0 Å². The van der Waals surface area contributed by atoms with Gasteiger partial charge in [-0.25, -0.2) is 0 Å². The molecule has 0 aliphatic heterocycles. The van der Waals surface area contributed by atoms with Gasteiger partial charge in [-0.15, -0.1) is 0 Å². The Morgan fingerprint density at radius 1 is 0.341 bits per heavy atom. The molecule has 0 bridgehead atoms. The van der Waals surface area contributed by atoms with Crippen LogP contribution in [0.2, 0.25) is 0 Å². The van der Waals surface area contributed by atoms with Gasteiger partial charge in [0.25, 0.3) is 0 Å². The van der Waals surface area contributed by atoms with Crippen molar-refractivity contribution < 1.29 is 14.3 Å². The van der Waals surface area contributed by atoms with Crippen molar-refractivity contribution in [3.05, 3.63) is 0 Å². The second kappa shape index (κ2) is 42.0. The van der Waals surface area contributed by atoms with Gasteiger partial charge in [0.1, 0.15) is 0 Å². The molecule has 0 heterocycles. The van der Waals surface area contributed by atoms with Crippen LogP contribution in [0.5, 0.6) is 0 Å². The number of rotatable bonds is 32. The number of ether oxygens (including phenoxy) is 1. The van der Waals surface area contributed by atoms with E-state index in [0.717, 1.165) is 25.7 Å². The molecular formula is C36H73CaKO3. The Labute approximate surface area is 330 Å². The van der Waals surface area contributed by atoms with Crippen molar-refractivity contribution in [3.63, 3.8) is 0 Å². The molecule has 0 aromatic carbocycles. The third-order valence-electron chi connectivity index (χ3n) is 8.20. The van der Waals surface area contributed by atoms with Crippen molar-refractivity contribution in [2.24, 2.45) is 0 Å². The number of carbonyl (C=O) groups is 2. The molecule has 238 valence electrons. The molecule has 0 radical (unpaired) electrons. The Kier molecular flexibility index (Phi) is 48.6. The standard InChI is InChI=1S/C36H70O3.Ca.K.3H/c1-3-5-7-9-11-13-15-17-19-21-23-25-27-29-31-33-35(37)39-36(38)34-32-30-28-26-24-22-20-18-16-14-12-10-8-6-4-2;;;;;/h3-34H2,1-2H3;;;;;. The van der Waals surface area contributed by atoms with E-state index in [0.29, 0.717) is 12.8 Å². The minimum absolute atomic E-state index is 0. The molecule has 0 aliphatic carbocycles. The fourth-order valence-corrected chi connectivity index (χ4v) is 5.51. The minimum atomic E-state index is -0.323. The third kappa shape index (κ3) is 42.0. The first kappa shape index (κ1) is 47.4. The molecule has 0 aromatic rings. The normalized spacial score (nSPS) is 10.7. The molecule has 0 rings (SSSR count). The quantitative estimate of drug-likeness (QED) is 0.0321. The zero-order valence-electron chi connectivity index (χ0n) is 26.9. The summed E-state index contributed by atoms with van der Waals surface area (Å²) < 4.78 is 5.01. The summed E-state index contributed by atoms with van der Waals surface area (Å²) in [5, 5.41) is 0. The molecule has 0 unspecified atom stereocenters. The van der Waals surface area contributed by atoms with Crippen LogP contribution in [0.4, 0.5) is 0 Å². The van der Waals surface area contributed by atoms with Gasteiger partial charge in [0, 0.05) is 12.8 Å². The molecule has 0 N–H and O–H groups in total. The van der Waals surface area contributed by atoms with E-state index in [1.54, 1.807) is 0 Å². The van der Waals surface area contributed by atoms with Crippen molar-refractivity contribution in [1.82, 2.24) is 0 Å². The molecule has 0 aliphatic rings. The van der Waals surface area contributed by atoms with Crippen molar-refractivity contribution in [1.29, 1.82) is 0 Å². The van der Waals surface area contributed by atoms with Crippen LogP contribution in [0.1, 0.15) is 219 Å². The summed E-state index contributed by atoms with van der Waals surface area (Å²) in [5.74, 6) is -0.647. The van der Waals surface area contributed by atoms with Gasteiger partial charge in [-0.2, -0.15) is 0 Å². The van der Waals surface area contributed by atoms with Gasteiger partial charge in [0.15, 0.2) is 0 Å². The Morgan fingerprint density at radius 2 is 0.512 bits per heavy atom. The van der Waals surface area contributed by atoms with Gasteiger partial charge < -0.3 is 4.74 Å². The number of unbranched alkanes of at least 4 members (excludes halogenated alkanes) is 28. The Balaban J connectivity index is -0.00000722. The Hall–Kier alpha value is 2.04. The van der Waals surface area contributed by atoms with Crippen molar-refractivity contribution in [2.45, 2.75) is 219 Å². The number of hydrogen-bond donors (Lipinski definition) is 0. The summed E-state index contributed by atoms with van der Waals surface area (Å²) >= 11 is 0. The monoisotopic (exact) mass is 632 g/mol. The maximum absolute atomic E-state index is 11.9. The van der Waals surface area contributed by atoms with Gasteiger partial charge in [-0.3, -0.25) is 9.59 Å². The van der Waals surface area contributed by atoms with E-state index >= 15 is 0 Å². The van der Waals surface area contributed by atoms with E-state index in [9.17, 15) is 9.59 Å². The second-order valence-corrected chi connectivity index (χ2v) is 12.2. The molecule has 0 spiro atoms. The molecule has 0 amide bonds. The van der Waals surface area contributed by atoms with Crippen LogP contribution in [0.3, 0.4) is 0 Å². The van der Waals surface area contributed by atoms with Gasteiger partial charge >= 0.3 is 101 Å². The maximum atomic E-state index is 11.9. The van der Waals surface area contributed by atoms with Gasteiger partial charge in [0.05, 0.1) is 0 Å². The topological polar surface area (TPSA) is 43.4 Å². The third-order valence-corrected chi connectivity index (χ3v) is 8.20. The number of esters is 2.